The van der Waals surface area contributed by atoms with Crippen molar-refractivity contribution in [3.8, 4) is 0 Å². The van der Waals surface area contributed by atoms with Gasteiger partial charge >= 0.3 is 0 Å². The van der Waals surface area contributed by atoms with Crippen LogP contribution < -0.4 is 0 Å². The second-order valence-electron chi connectivity index (χ2n) is 5.82. The maximum Gasteiger partial charge on any atom is 0.148 e. The zero-order valence-electron chi connectivity index (χ0n) is 12.0. The van der Waals surface area contributed by atoms with Gasteiger partial charge in [0.2, 0.25) is 0 Å². The van der Waals surface area contributed by atoms with Crippen LogP contribution in [0.4, 0.5) is 0 Å². The van der Waals surface area contributed by atoms with Gasteiger partial charge in [-0.15, -0.1) is 73.2 Å². The summed E-state index contributed by atoms with van der Waals surface area (Å²) >= 11 is 18.7. The molecule has 3 aliphatic heterocycles. The highest BCUT2D eigenvalue weighted by molar-refractivity contribution is 8.07. The molecule has 3 rings (SSSR count). The smallest absolute Gasteiger partial charge is 0.148 e. The van der Waals surface area contributed by atoms with E-state index in [1.807, 2.05) is 35.3 Å². The molecular weight excluding hydrogens is 385 g/mol. The van der Waals surface area contributed by atoms with Crippen LogP contribution >= 0.6 is 73.2 Å². The highest BCUT2D eigenvalue weighted by atomic mass is 32.2. The topological polar surface area (TPSA) is 37.6 Å². The fourth-order valence-electron chi connectivity index (χ4n) is 1.82. The van der Waals surface area contributed by atoms with Crippen molar-refractivity contribution in [1.82, 2.24) is 0 Å². The Kier molecular flexibility index (Phi) is 5.13. The monoisotopic (exact) mass is 404 g/mol. The van der Waals surface area contributed by atoms with Crippen LogP contribution in [0.15, 0.2) is 0 Å². The third-order valence-electron chi connectivity index (χ3n) is 3.72. The van der Waals surface area contributed by atoms with E-state index in [1.54, 1.807) is 0 Å². The number of hydrogen-bond acceptors (Lipinski definition) is 9. The molecular formula is C12H20O3S6. The first-order valence-electron chi connectivity index (χ1n) is 6.70. The van der Waals surface area contributed by atoms with Crippen molar-refractivity contribution in [2.24, 2.45) is 0 Å². The van der Waals surface area contributed by atoms with Crippen LogP contribution in [0.1, 0.15) is 20.8 Å². The van der Waals surface area contributed by atoms with Gasteiger partial charge in [-0.2, -0.15) is 0 Å². The van der Waals surface area contributed by atoms with Gasteiger partial charge in [0, 0.05) is 16.8 Å². The maximum absolute atomic E-state index is 5.59. The minimum absolute atomic E-state index is 0.0378. The summed E-state index contributed by atoms with van der Waals surface area (Å²) in [6, 6.07) is 0. The van der Waals surface area contributed by atoms with E-state index < -0.39 is 0 Å². The maximum atomic E-state index is 5.59. The Morgan fingerprint density at radius 3 is 1.43 bits per heavy atom. The van der Waals surface area contributed by atoms with Gasteiger partial charge in [0.1, 0.15) is 31.1 Å². The van der Waals surface area contributed by atoms with Gasteiger partial charge in [-0.3, -0.25) is 0 Å². The van der Waals surface area contributed by atoms with Gasteiger partial charge in [0.25, 0.3) is 0 Å². The lowest BCUT2D eigenvalue weighted by atomic mass is 10.5. The molecule has 6 atom stereocenters. The lowest BCUT2D eigenvalue weighted by Crippen LogP contribution is -2.20. The third-order valence-corrected chi connectivity index (χ3v) is 10.8. The fraction of sp³-hybridized carbons (Fsp3) is 1.00. The van der Waals surface area contributed by atoms with Gasteiger partial charge in [-0.25, -0.2) is 0 Å². The van der Waals surface area contributed by atoms with Gasteiger partial charge in [-0.05, 0) is 20.8 Å². The van der Waals surface area contributed by atoms with Crippen molar-refractivity contribution in [3.05, 3.63) is 0 Å². The van der Waals surface area contributed by atoms with E-state index in [0.717, 1.165) is 11.5 Å². The predicted octanol–water partition coefficient (Wildman–Crippen LogP) is 3.56. The summed E-state index contributed by atoms with van der Waals surface area (Å²) in [5.41, 5.74) is 0.144. The molecule has 0 spiro atoms. The first-order chi connectivity index (χ1) is 9.67. The van der Waals surface area contributed by atoms with Crippen molar-refractivity contribution < 1.29 is 14.2 Å². The van der Waals surface area contributed by atoms with Gasteiger partial charge in [0.05, 0.1) is 0 Å². The molecule has 3 fully saturated rings. The Morgan fingerprint density at radius 2 is 1.14 bits per heavy atom. The van der Waals surface area contributed by atoms with E-state index in [4.69, 9.17) is 14.2 Å². The van der Waals surface area contributed by atoms with Crippen molar-refractivity contribution in [3.63, 3.8) is 0 Å². The quantitative estimate of drug-likeness (QED) is 0.424. The molecule has 0 radical (unpaired) electrons. The van der Waals surface area contributed by atoms with Crippen LogP contribution in [0.25, 0.3) is 0 Å². The minimum Gasteiger partial charge on any atom is -0.343 e. The highest BCUT2D eigenvalue weighted by Crippen LogP contribution is 2.55. The van der Waals surface area contributed by atoms with Gasteiger partial charge in [0.15, 0.2) is 0 Å². The Labute approximate surface area is 155 Å². The molecule has 0 bridgehead atoms. The number of thioether (sulfide) groups is 3. The normalized spacial score (nSPS) is 52.6. The first kappa shape index (κ1) is 17.8. The van der Waals surface area contributed by atoms with Crippen LogP contribution in [0.2, 0.25) is 0 Å². The molecule has 3 aliphatic rings. The minimum atomic E-state index is -0.160. The van der Waals surface area contributed by atoms with E-state index in [-0.39, 0.29) is 31.1 Å². The molecule has 0 N–H and O–H groups in total. The summed E-state index contributed by atoms with van der Waals surface area (Å²) in [6.07, 6.45) is 0. The number of hydrogen-bond donors (Lipinski definition) is 3. The average Bonchev–Trinajstić information content (AvgIpc) is 3.29. The number of rotatable bonds is 8. The van der Waals surface area contributed by atoms with Crippen LogP contribution in [0.5, 0.6) is 0 Å². The second-order valence-corrected chi connectivity index (χ2v) is 11.8. The lowest BCUT2D eigenvalue weighted by Gasteiger charge is -2.20. The van der Waals surface area contributed by atoms with E-state index >= 15 is 0 Å². The predicted molar refractivity (Wildman–Crippen MR) is 103 cm³/mol. The largest absolute Gasteiger partial charge is 0.343 e. The zero-order chi connectivity index (χ0) is 15.5. The SMILES string of the molecule is CC1(SCC(CSC2(C)OC2S)SC2(C)OC2S)OC1S. The van der Waals surface area contributed by atoms with Gasteiger partial charge in [-0.1, -0.05) is 0 Å². The highest BCUT2D eigenvalue weighted by Gasteiger charge is 2.55. The van der Waals surface area contributed by atoms with Crippen LogP contribution in [0.3, 0.4) is 0 Å². The third kappa shape index (κ3) is 4.15. The second kappa shape index (κ2) is 6.05. The Bertz CT molecular complexity index is 402. The molecule has 3 saturated heterocycles. The number of thiol groups is 3. The summed E-state index contributed by atoms with van der Waals surface area (Å²) in [5.74, 6) is 2.00. The van der Waals surface area contributed by atoms with Crippen LogP contribution in [-0.4, -0.2) is 47.9 Å². The Morgan fingerprint density at radius 1 is 0.810 bits per heavy atom. The standard InChI is InChI=1S/C12H20O3S6/c1-10(7(16)13-10)19-4-6(21-12(3)9(18)15-12)5-20-11(2)8(17)14-11/h6-9,16-18H,4-5H2,1-3H3. The molecule has 9 heteroatoms. The van der Waals surface area contributed by atoms with Crippen molar-refractivity contribution in [2.75, 3.05) is 11.5 Å². The van der Waals surface area contributed by atoms with Crippen LogP contribution in [0, 0.1) is 0 Å². The summed E-state index contributed by atoms with van der Waals surface area (Å²) in [4.78, 5) is -0.430. The van der Waals surface area contributed by atoms with Crippen molar-refractivity contribution in [2.45, 2.75) is 57.1 Å². The molecule has 0 amide bonds. The molecule has 6 unspecified atom stereocenters. The molecule has 0 aromatic carbocycles. The van der Waals surface area contributed by atoms with E-state index in [9.17, 15) is 0 Å². The molecule has 0 aromatic heterocycles. The number of ether oxygens (including phenoxy) is 3. The Balaban J connectivity index is 1.50. The van der Waals surface area contributed by atoms with E-state index in [0.29, 0.717) is 5.25 Å². The first-order valence-corrected chi connectivity index (χ1v) is 11.1. The van der Waals surface area contributed by atoms with Crippen LogP contribution in [-0.2, 0) is 14.2 Å². The average molecular weight is 405 g/mol. The van der Waals surface area contributed by atoms with Crippen molar-refractivity contribution in [1.29, 1.82) is 0 Å². The van der Waals surface area contributed by atoms with Gasteiger partial charge < -0.3 is 14.2 Å². The number of epoxide rings is 3. The zero-order valence-corrected chi connectivity index (χ0v) is 17.1. The molecule has 21 heavy (non-hydrogen) atoms. The molecule has 0 aliphatic carbocycles. The Hall–Kier alpha value is 1.98. The molecule has 3 nitrogen and oxygen atoms in total. The fourth-order valence-corrected chi connectivity index (χ4v) is 7.24. The summed E-state index contributed by atoms with van der Waals surface area (Å²) in [7, 11) is 0. The lowest BCUT2D eigenvalue weighted by molar-refractivity contribution is 0.392. The summed E-state index contributed by atoms with van der Waals surface area (Å²) in [5, 5.41) is 0.449. The molecule has 122 valence electrons. The summed E-state index contributed by atoms with van der Waals surface area (Å²) in [6.45, 7) is 6.29. The molecule has 3 heterocycles. The summed E-state index contributed by atoms with van der Waals surface area (Å²) < 4.78 is 16.6. The molecule has 0 saturated carbocycles. The van der Waals surface area contributed by atoms with E-state index in [1.165, 1.54) is 0 Å². The van der Waals surface area contributed by atoms with E-state index in [2.05, 4.69) is 58.7 Å². The molecule has 0 aromatic rings. The van der Waals surface area contributed by atoms with Crippen molar-refractivity contribution >= 4 is 73.2 Å².